The molecule has 0 unspecified atom stereocenters. The van der Waals surface area contributed by atoms with Crippen LogP contribution in [0.4, 0.5) is 11.4 Å². The van der Waals surface area contributed by atoms with E-state index < -0.39 is 5.91 Å². The zero-order valence-electron chi connectivity index (χ0n) is 26.4. The summed E-state index contributed by atoms with van der Waals surface area (Å²) in [6.07, 6.45) is 3.04. The number of aryl methyl sites for hydroxylation is 1. The number of rotatable bonds is 19. The van der Waals surface area contributed by atoms with Crippen molar-refractivity contribution in [2.45, 2.75) is 45.6 Å². The standard InChI is InChI=1S/C34H43N5O7/c1-23-12-14-28(30(19-23)46-17-7-3-4-11-32(41)37-21-31(36)40)39-33(42)24-13-15-27(25(20-24)22-44-2)38-34(43)26-9-5-6-10-29(26)45-18-8-16-35/h5-6,9-10,12-15,19-20H,3-4,7-8,11,16-18,21-22,35H2,1-2H3,(H2,36,40)(H,37,41)(H,38,43)(H,39,42). The second-order valence-corrected chi connectivity index (χ2v) is 10.6. The molecule has 0 aliphatic carbocycles. The maximum Gasteiger partial charge on any atom is 0.259 e. The van der Waals surface area contributed by atoms with Crippen LogP contribution in [0.2, 0.25) is 0 Å². The molecule has 4 amide bonds. The molecule has 0 spiro atoms. The highest BCUT2D eigenvalue weighted by Gasteiger charge is 2.17. The first-order valence-electron chi connectivity index (χ1n) is 15.2. The molecule has 0 bridgehead atoms. The summed E-state index contributed by atoms with van der Waals surface area (Å²) in [5.74, 6) is -0.530. The Hall–Kier alpha value is -4.94. The van der Waals surface area contributed by atoms with Crippen LogP contribution in [0, 0.1) is 6.92 Å². The molecule has 46 heavy (non-hydrogen) atoms. The summed E-state index contributed by atoms with van der Waals surface area (Å²) in [5.41, 5.74) is 13.9. The number of methoxy groups -OCH3 is 1. The number of primary amides is 1. The second kappa shape index (κ2) is 18.8. The van der Waals surface area contributed by atoms with Gasteiger partial charge in [-0.1, -0.05) is 18.2 Å². The van der Waals surface area contributed by atoms with Crippen LogP contribution in [0.25, 0.3) is 0 Å². The van der Waals surface area contributed by atoms with Crippen molar-refractivity contribution < 1.29 is 33.4 Å². The molecule has 12 nitrogen and oxygen atoms in total. The first-order valence-corrected chi connectivity index (χ1v) is 15.2. The monoisotopic (exact) mass is 633 g/mol. The predicted octanol–water partition coefficient (Wildman–Crippen LogP) is 3.91. The van der Waals surface area contributed by atoms with E-state index in [-0.39, 0.29) is 30.9 Å². The molecule has 0 heterocycles. The molecule has 0 saturated heterocycles. The number of anilines is 2. The van der Waals surface area contributed by atoms with Crippen LogP contribution in [0.3, 0.4) is 0 Å². The molecule has 0 aromatic heterocycles. The van der Waals surface area contributed by atoms with Gasteiger partial charge >= 0.3 is 0 Å². The van der Waals surface area contributed by atoms with Gasteiger partial charge in [0.05, 0.1) is 37.6 Å². The van der Waals surface area contributed by atoms with Gasteiger partial charge in [0, 0.05) is 30.3 Å². The number of nitrogens with one attached hydrogen (secondary N) is 3. The Bertz CT molecular complexity index is 1490. The third kappa shape index (κ3) is 11.5. The van der Waals surface area contributed by atoms with Crippen LogP contribution >= 0.6 is 0 Å². The number of benzene rings is 3. The molecule has 12 heteroatoms. The quantitative estimate of drug-likeness (QED) is 0.123. The Balaban J connectivity index is 1.63. The summed E-state index contributed by atoms with van der Waals surface area (Å²) in [6.45, 7) is 3.20. The molecule has 0 fully saturated rings. The van der Waals surface area contributed by atoms with E-state index in [0.717, 1.165) is 12.0 Å². The molecule has 0 radical (unpaired) electrons. The van der Waals surface area contributed by atoms with Crippen LogP contribution in [0.1, 0.15) is 63.9 Å². The highest BCUT2D eigenvalue weighted by atomic mass is 16.5. The fourth-order valence-electron chi connectivity index (χ4n) is 4.43. The van der Waals surface area contributed by atoms with Crippen LogP contribution in [-0.4, -0.2) is 57.0 Å². The summed E-state index contributed by atoms with van der Waals surface area (Å²) in [4.78, 5) is 49.0. The number of hydrogen-bond acceptors (Lipinski definition) is 8. The maximum atomic E-state index is 13.3. The number of amides is 4. The van der Waals surface area contributed by atoms with Crippen molar-refractivity contribution in [2.75, 3.05) is 44.0 Å². The van der Waals surface area contributed by atoms with Crippen molar-refractivity contribution in [3.63, 3.8) is 0 Å². The number of ether oxygens (including phenoxy) is 3. The van der Waals surface area contributed by atoms with Gasteiger partial charge in [-0.05, 0) is 87.2 Å². The number of para-hydroxylation sites is 1. The van der Waals surface area contributed by atoms with Crippen molar-refractivity contribution in [1.29, 1.82) is 0 Å². The molecule has 3 aromatic carbocycles. The van der Waals surface area contributed by atoms with Crippen molar-refractivity contribution in [3.05, 3.63) is 82.9 Å². The molecule has 246 valence electrons. The summed E-state index contributed by atoms with van der Waals surface area (Å²) >= 11 is 0. The summed E-state index contributed by atoms with van der Waals surface area (Å²) in [6, 6.07) is 17.4. The van der Waals surface area contributed by atoms with Gasteiger partial charge in [0.15, 0.2) is 0 Å². The van der Waals surface area contributed by atoms with Gasteiger partial charge in [0.25, 0.3) is 11.8 Å². The van der Waals surface area contributed by atoms with Gasteiger partial charge in [-0.25, -0.2) is 0 Å². The first kappa shape index (κ1) is 35.5. The highest BCUT2D eigenvalue weighted by Crippen LogP contribution is 2.28. The summed E-state index contributed by atoms with van der Waals surface area (Å²) < 4.78 is 17.1. The Morgan fingerprint density at radius 2 is 1.50 bits per heavy atom. The fourth-order valence-corrected chi connectivity index (χ4v) is 4.43. The van der Waals surface area contributed by atoms with Crippen molar-refractivity contribution in [1.82, 2.24) is 5.32 Å². The van der Waals surface area contributed by atoms with E-state index in [0.29, 0.717) is 85.0 Å². The molecule has 0 saturated carbocycles. The molecule has 0 aliphatic heterocycles. The molecular formula is C34H43N5O7. The van der Waals surface area contributed by atoms with E-state index in [1.54, 1.807) is 48.5 Å². The predicted molar refractivity (Wildman–Crippen MR) is 176 cm³/mol. The summed E-state index contributed by atoms with van der Waals surface area (Å²) in [7, 11) is 1.54. The number of hydrogen-bond donors (Lipinski definition) is 5. The minimum atomic E-state index is -0.582. The van der Waals surface area contributed by atoms with Crippen molar-refractivity contribution in [3.8, 4) is 11.5 Å². The van der Waals surface area contributed by atoms with Crippen LogP contribution in [0.15, 0.2) is 60.7 Å². The highest BCUT2D eigenvalue weighted by molar-refractivity contribution is 6.08. The average Bonchev–Trinajstić information content (AvgIpc) is 3.04. The van der Waals surface area contributed by atoms with E-state index in [9.17, 15) is 19.2 Å². The number of carbonyl (C=O) groups excluding carboxylic acids is 4. The van der Waals surface area contributed by atoms with E-state index >= 15 is 0 Å². The van der Waals surface area contributed by atoms with Crippen LogP contribution < -0.4 is 36.9 Å². The third-order valence-corrected chi connectivity index (χ3v) is 6.80. The van der Waals surface area contributed by atoms with Gasteiger partial charge in [-0.2, -0.15) is 0 Å². The lowest BCUT2D eigenvalue weighted by atomic mass is 10.1. The summed E-state index contributed by atoms with van der Waals surface area (Å²) in [5, 5.41) is 8.30. The van der Waals surface area contributed by atoms with E-state index in [4.69, 9.17) is 25.7 Å². The Morgan fingerprint density at radius 1 is 0.783 bits per heavy atom. The zero-order valence-corrected chi connectivity index (χ0v) is 26.4. The third-order valence-electron chi connectivity index (χ3n) is 6.80. The molecule has 3 aromatic rings. The largest absolute Gasteiger partial charge is 0.493 e. The lowest BCUT2D eigenvalue weighted by Crippen LogP contribution is -2.33. The van der Waals surface area contributed by atoms with Gasteiger partial charge in [0.2, 0.25) is 11.8 Å². The topological polar surface area (TPSA) is 184 Å². The Labute approximate surface area is 269 Å². The molecule has 3 rings (SSSR count). The lowest BCUT2D eigenvalue weighted by Gasteiger charge is -2.16. The SMILES string of the molecule is COCc1cc(C(=O)Nc2ccc(C)cc2OCCCCCC(=O)NCC(N)=O)ccc1NC(=O)c1ccccc1OCCCN. The van der Waals surface area contributed by atoms with Gasteiger partial charge in [-0.15, -0.1) is 0 Å². The number of unbranched alkanes of at least 4 members (excludes halogenated alkanes) is 2. The average molecular weight is 634 g/mol. The lowest BCUT2D eigenvalue weighted by molar-refractivity contribution is -0.124. The van der Waals surface area contributed by atoms with Gasteiger partial charge in [-0.3, -0.25) is 19.2 Å². The maximum absolute atomic E-state index is 13.3. The number of carbonyl (C=O) groups is 4. The molecule has 0 atom stereocenters. The van der Waals surface area contributed by atoms with Crippen LogP contribution in [0.5, 0.6) is 11.5 Å². The molecule has 7 N–H and O–H groups in total. The zero-order chi connectivity index (χ0) is 33.3. The van der Waals surface area contributed by atoms with Crippen LogP contribution in [-0.2, 0) is 20.9 Å². The minimum absolute atomic E-state index is 0.164. The Kier molecular flexibility index (Phi) is 14.5. The second-order valence-electron chi connectivity index (χ2n) is 10.6. The van der Waals surface area contributed by atoms with E-state index in [2.05, 4.69) is 16.0 Å². The molecule has 0 aliphatic rings. The molecular weight excluding hydrogens is 590 g/mol. The normalized spacial score (nSPS) is 10.6. The van der Waals surface area contributed by atoms with Crippen molar-refractivity contribution in [2.24, 2.45) is 11.5 Å². The minimum Gasteiger partial charge on any atom is -0.493 e. The fraction of sp³-hybridized carbons (Fsp3) is 0.353. The van der Waals surface area contributed by atoms with Gasteiger partial charge in [0.1, 0.15) is 11.5 Å². The van der Waals surface area contributed by atoms with Gasteiger partial charge < -0.3 is 41.6 Å². The van der Waals surface area contributed by atoms with E-state index in [1.807, 2.05) is 19.1 Å². The smallest absolute Gasteiger partial charge is 0.259 e. The number of nitrogens with two attached hydrogens (primary N) is 2. The van der Waals surface area contributed by atoms with Crippen molar-refractivity contribution >= 4 is 35.0 Å². The van der Waals surface area contributed by atoms with E-state index in [1.165, 1.54) is 7.11 Å². The Morgan fingerprint density at radius 3 is 2.26 bits per heavy atom. The first-order chi connectivity index (χ1) is 22.2.